The average Bonchev–Trinajstić information content (AvgIpc) is 2.64. The van der Waals surface area contributed by atoms with Crippen molar-refractivity contribution in [2.75, 3.05) is 5.32 Å². The Balaban J connectivity index is 2.00. The zero-order chi connectivity index (χ0) is 19.4. The zero-order valence-corrected chi connectivity index (χ0v) is 14.0. The molecular weight excluding hydrogens is 358 g/mol. The summed E-state index contributed by atoms with van der Waals surface area (Å²) < 4.78 is 52.9. The van der Waals surface area contributed by atoms with Crippen LogP contribution in [0.25, 0.3) is 0 Å². The summed E-state index contributed by atoms with van der Waals surface area (Å²) in [5, 5.41) is 2.32. The molecule has 0 spiro atoms. The summed E-state index contributed by atoms with van der Waals surface area (Å²) in [5.41, 5.74) is -0.435. The number of rotatable bonds is 4. The first-order chi connectivity index (χ1) is 12.9. The van der Waals surface area contributed by atoms with Crippen LogP contribution in [0.3, 0.4) is 0 Å². The van der Waals surface area contributed by atoms with E-state index >= 15 is 0 Å². The maximum Gasteiger partial charge on any atom is 0.418 e. The third kappa shape index (κ3) is 4.34. The normalized spacial score (nSPS) is 11.4. The van der Waals surface area contributed by atoms with Gasteiger partial charge in [0.25, 0.3) is 0 Å². The van der Waals surface area contributed by atoms with Gasteiger partial charge in [-0.3, -0.25) is 4.79 Å². The number of benzene rings is 3. The van der Waals surface area contributed by atoms with E-state index in [1.165, 1.54) is 0 Å². The van der Waals surface area contributed by atoms with Gasteiger partial charge in [-0.25, -0.2) is 4.39 Å². The fourth-order valence-electron chi connectivity index (χ4n) is 2.85. The number of anilines is 1. The van der Waals surface area contributed by atoms with Crippen LogP contribution in [-0.2, 0) is 11.0 Å². The van der Waals surface area contributed by atoms with Gasteiger partial charge in [-0.05, 0) is 29.3 Å². The smallest absolute Gasteiger partial charge is 0.325 e. The van der Waals surface area contributed by atoms with E-state index in [1.807, 2.05) is 0 Å². The molecule has 3 rings (SSSR count). The molecule has 0 aliphatic rings. The first-order valence-corrected chi connectivity index (χ1v) is 8.14. The summed E-state index contributed by atoms with van der Waals surface area (Å²) in [4.78, 5) is 12.9. The van der Waals surface area contributed by atoms with Crippen LogP contribution in [0.2, 0.25) is 0 Å². The van der Waals surface area contributed by atoms with Crippen molar-refractivity contribution in [3.8, 4) is 0 Å². The Morgan fingerprint density at radius 1 is 0.815 bits per heavy atom. The fraction of sp³-hybridized carbons (Fsp3) is 0.0952. The van der Waals surface area contributed by atoms with E-state index in [1.54, 1.807) is 60.7 Å². The van der Waals surface area contributed by atoms with E-state index in [-0.39, 0.29) is 0 Å². The van der Waals surface area contributed by atoms with Gasteiger partial charge in [0.05, 0.1) is 17.2 Å². The molecule has 2 nitrogen and oxygen atoms in total. The highest BCUT2D eigenvalue weighted by Crippen LogP contribution is 2.36. The topological polar surface area (TPSA) is 29.1 Å². The van der Waals surface area contributed by atoms with Gasteiger partial charge in [-0.1, -0.05) is 60.7 Å². The molecule has 3 aromatic carbocycles. The molecular formula is C21H15F4NO. The van der Waals surface area contributed by atoms with Gasteiger partial charge in [0, 0.05) is 0 Å². The van der Waals surface area contributed by atoms with Gasteiger partial charge >= 0.3 is 6.18 Å². The summed E-state index contributed by atoms with van der Waals surface area (Å²) in [6, 6.07) is 19.6. The molecule has 0 unspecified atom stereocenters. The lowest BCUT2D eigenvalue weighted by Crippen LogP contribution is -2.24. The number of nitrogens with one attached hydrogen (secondary N) is 1. The number of alkyl halides is 3. The van der Waals surface area contributed by atoms with Crippen LogP contribution in [0, 0.1) is 5.82 Å². The highest BCUT2D eigenvalue weighted by molar-refractivity contribution is 5.98. The van der Waals surface area contributed by atoms with Gasteiger partial charge < -0.3 is 5.32 Å². The predicted molar refractivity (Wildman–Crippen MR) is 94.8 cm³/mol. The molecule has 0 saturated heterocycles. The lowest BCUT2D eigenvalue weighted by molar-refractivity contribution is -0.137. The second-order valence-electron chi connectivity index (χ2n) is 5.93. The first kappa shape index (κ1) is 18.6. The van der Waals surface area contributed by atoms with Crippen molar-refractivity contribution in [2.24, 2.45) is 0 Å². The van der Waals surface area contributed by atoms with Crippen LogP contribution < -0.4 is 5.32 Å². The summed E-state index contributed by atoms with van der Waals surface area (Å²) in [6.45, 7) is 0. The monoisotopic (exact) mass is 373 g/mol. The maximum absolute atomic E-state index is 13.3. The van der Waals surface area contributed by atoms with Crippen molar-refractivity contribution in [3.05, 3.63) is 101 Å². The van der Waals surface area contributed by atoms with Crippen molar-refractivity contribution >= 4 is 11.6 Å². The van der Waals surface area contributed by atoms with Crippen molar-refractivity contribution < 1.29 is 22.4 Å². The van der Waals surface area contributed by atoms with Gasteiger partial charge in [0.15, 0.2) is 0 Å². The van der Waals surface area contributed by atoms with Gasteiger partial charge in [-0.15, -0.1) is 0 Å². The molecule has 0 radical (unpaired) electrons. The molecule has 6 heteroatoms. The Morgan fingerprint density at radius 3 is 1.81 bits per heavy atom. The SMILES string of the molecule is O=C(Nc1ccc(F)cc1C(F)(F)F)C(c1ccccc1)c1ccccc1. The Morgan fingerprint density at radius 2 is 1.33 bits per heavy atom. The molecule has 1 N–H and O–H groups in total. The zero-order valence-electron chi connectivity index (χ0n) is 14.0. The van der Waals surface area contributed by atoms with Crippen molar-refractivity contribution in [3.63, 3.8) is 0 Å². The highest BCUT2D eigenvalue weighted by atomic mass is 19.4. The molecule has 27 heavy (non-hydrogen) atoms. The van der Waals surface area contributed by atoms with E-state index in [9.17, 15) is 22.4 Å². The molecule has 3 aromatic rings. The molecule has 0 atom stereocenters. The third-order valence-electron chi connectivity index (χ3n) is 4.07. The van der Waals surface area contributed by atoms with Crippen LogP contribution in [0.1, 0.15) is 22.6 Å². The van der Waals surface area contributed by atoms with Crippen LogP contribution in [0.5, 0.6) is 0 Å². The second-order valence-corrected chi connectivity index (χ2v) is 5.93. The summed E-state index contributed by atoms with van der Waals surface area (Å²) in [7, 11) is 0. The summed E-state index contributed by atoms with van der Waals surface area (Å²) in [5.74, 6) is -2.47. The Hall–Kier alpha value is -3.15. The molecule has 0 aliphatic carbocycles. The quantitative estimate of drug-likeness (QED) is 0.591. The van der Waals surface area contributed by atoms with Crippen molar-refractivity contribution in [1.82, 2.24) is 0 Å². The molecule has 0 aromatic heterocycles. The van der Waals surface area contributed by atoms with Crippen LogP contribution in [0.15, 0.2) is 78.9 Å². The molecule has 0 fully saturated rings. The number of amides is 1. The number of carbonyl (C=O) groups excluding carboxylic acids is 1. The summed E-state index contributed by atoms with van der Waals surface area (Å²) >= 11 is 0. The fourth-order valence-corrected chi connectivity index (χ4v) is 2.85. The molecule has 0 saturated carbocycles. The molecule has 0 heterocycles. The molecule has 138 valence electrons. The standard InChI is InChI=1S/C21H15F4NO/c22-16-11-12-18(17(13-16)21(23,24)25)26-20(27)19(14-7-3-1-4-8-14)15-9-5-2-6-10-15/h1-13,19H,(H,26,27). The van der Waals surface area contributed by atoms with Gasteiger partial charge in [0.1, 0.15) is 5.82 Å². The summed E-state index contributed by atoms with van der Waals surface area (Å²) in [6.07, 6.45) is -4.79. The van der Waals surface area contributed by atoms with E-state index in [0.717, 1.165) is 12.1 Å². The van der Waals surface area contributed by atoms with Crippen molar-refractivity contribution in [2.45, 2.75) is 12.1 Å². The molecule has 0 bridgehead atoms. The van der Waals surface area contributed by atoms with Crippen LogP contribution in [-0.4, -0.2) is 5.91 Å². The van der Waals surface area contributed by atoms with Crippen LogP contribution in [0.4, 0.5) is 23.2 Å². The van der Waals surface area contributed by atoms with E-state index in [2.05, 4.69) is 5.32 Å². The van der Waals surface area contributed by atoms with E-state index in [0.29, 0.717) is 17.2 Å². The number of halogens is 4. The minimum atomic E-state index is -4.79. The number of carbonyl (C=O) groups is 1. The minimum Gasteiger partial charge on any atom is -0.325 e. The average molecular weight is 373 g/mol. The minimum absolute atomic E-state index is 0.371. The third-order valence-corrected chi connectivity index (χ3v) is 4.07. The molecule has 0 aliphatic heterocycles. The lowest BCUT2D eigenvalue weighted by atomic mass is 9.90. The molecule has 1 amide bonds. The first-order valence-electron chi connectivity index (χ1n) is 8.14. The maximum atomic E-state index is 13.3. The van der Waals surface area contributed by atoms with Gasteiger partial charge in [-0.2, -0.15) is 13.2 Å². The van der Waals surface area contributed by atoms with E-state index in [4.69, 9.17) is 0 Å². The predicted octanol–water partition coefficient (Wildman–Crippen LogP) is 5.62. The lowest BCUT2D eigenvalue weighted by Gasteiger charge is -2.20. The number of hydrogen-bond acceptors (Lipinski definition) is 1. The van der Waals surface area contributed by atoms with Crippen molar-refractivity contribution in [1.29, 1.82) is 0 Å². The Bertz CT molecular complexity index is 884. The Labute approximate surface area is 153 Å². The second kappa shape index (κ2) is 7.61. The number of hydrogen-bond donors (Lipinski definition) is 1. The van der Waals surface area contributed by atoms with E-state index < -0.39 is 35.1 Å². The van der Waals surface area contributed by atoms with Gasteiger partial charge in [0.2, 0.25) is 5.91 Å². The highest BCUT2D eigenvalue weighted by Gasteiger charge is 2.35. The Kier molecular flexibility index (Phi) is 5.26. The van der Waals surface area contributed by atoms with Crippen LogP contribution >= 0.6 is 0 Å². The largest absolute Gasteiger partial charge is 0.418 e.